The molecule has 1 amide bonds. The number of carbonyl (C=O) groups excluding carboxylic acids is 1. The molecule has 2 aromatic rings. The number of hydrogen-bond acceptors (Lipinski definition) is 3. The van der Waals surface area contributed by atoms with Gasteiger partial charge in [-0.2, -0.15) is 0 Å². The highest BCUT2D eigenvalue weighted by molar-refractivity contribution is 7.99. The monoisotopic (exact) mass is 359 g/mol. The molecule has 1 N–H and O–H groups in total. The van der Waals surface area contributed by atoms with Crippen molar-refractivity contribution in [3.63, 3.8) is 0 Å². The Kier molecular flexibility index (Phi) is 7.12. The first-order chi connectivity index (χ1) is 11.9. The normalized spacial score (nSPS) is 11.1. The molecule has 25 heavy (non-hydrogen) atoms. The maximum absolute atomic E-state index is 12.1. The highest BCUT2D eigenvalue weighted by Gasteiger charge is 2.14. The molecule has 0 unspecified atom stereocenters. The van der Waals surface area contributed by atoms with Gasteiger partial charge in [-0.05, 0) is 44.2 Å². The maximum Gasteiger partial charge on any atom is 0.230 e. The number of rotatable bonds is 8. The first-order valence-corrected chi connectivity index (χ1v) is 9.84. The Morgan fingerprint density at radius 1 is 1.24 bits per heavy atom. The van der Waals surface area contributed by atoms with Crippen LogP contribution in [0.25, 0.3) is 0 Å². The summed E-state index contributed by atoms with van der Waals surface area (Å²) in [4.78, 5) is 16.8. The number of nitrogens with zero attached hydrogens (tertiary/aromatic N) is 2. The fourth-order valence-corrected chi connectivity index (χ4v) is 3.65. The lowest BCUT2D eigenvalue weighted by molar-refractivity contribution is -0.118. The van der Waals surface area contributed by atoms with Crippen molar-refractivity contribution in [3.8, 4) is 0 Å². The van der Waals surface area contributed by atoms with Gasteiger partial charge < -0.3 is 9.88 Å². The van der Waals surface area contributed by atoms with Crippen molar-refractivity contribution in [3.05, 3.63) is 46.8 Å². The Hall–Kier alpha value is -1.75. The van der Waals surface area contributed by atoms with E-state index in [1.165, 1.54) is 28.6 Å². The third-order valence-corrected chi connectivity index (χ3v) is 5.26. The lowest BCUT2D eigenvalue weighted by Gasteiger charge is -2.12. The molecule has 0 atom stereocenters. The largest absolute Gasteiger partial charge is 0.355 e. The molecule has 0 radical (unpaired) electrons. The zero-order chi connectivity index (χ0) is 18.4. The maximum atomic E-state index is 12.1. The summed E-state index contributed by atoms with van der Waals surface area (Å²) >= 11 is 1.52. The van der Waals surface area contributed by atoms with E-state index in [4.69, 9.17) is 0 Å². The van der Waals surface area contributed by atoms with Crippen LogP contribution in [-0.4, -0.2) is 27.8 Å². The quantitative estimate of drug-likeness (QED) is 0.727. The minimum absolute atomic E-state index is 0.0630. The van der Waals surface area contributed by atoms with Gasteiger partial charge in [0.1, 0.15) is 0 Å². The molecular weight excluding hydrogens is 330 g/mol. The predicted molar refractivity (Wildman–Crippen MR) is 105 cm³/mol. The molecule has 0 fully saturated rings. The molecule has 5 heteroatoms. The standard InChI is InChI=1S/C20H29N3OS/c1-14(2)12-23-17(5)16(4)22-20(23)25-13-19(24)21-11-10-18-9-7-6-8-15(18)3/h6-9,14H,10-13H2,1-5H3,(H,21,24). The number of aryl methyl sites for hydroxylation is 2. The minimum atomic E-state index is 0.0630. The van der Waals surface area contributed by atoms with Crippen LogP contribution < -0.4 is 5.32 Å². The van der Waals surface area contributed by atoms with Crippen LogP contribution >= 0.6 is 11.8 Å². The number of thioether (sulfide) groups is 1. The van der Waals surface area contributed by atoms with Gasteiger partial charge >= 0.3 is 0 Å². The van der Waals surface area contributed by atoms with E-state index >= 15 is 0 Å². The molecule has 1 aromatic heterocycles. The van der Waals surface area contributed by atoms with E-state index in [9.17, 15) is 4.79 Å². The van der Waals surface area contributed by atoms with Crippen molar-refractivity contribution in [2.75, 3.05) is 12.3 Å². The summed E-state index contributed by atoms with van der Waals surface area (Å²) in [6.07, 6.45) is 0.864. The van der Waals surface area contributed by atoms with Crippen LogP contribution in [0.5, 0.6) is 0 Å². The molecule has 1 aromatic carbocycles. The molecule has 0 spiro atoms. The summed E-state index contributed by atoms with van der Waals surface area (Å²) in [5.74, 6) is 1.02. The van der Waals surface area contributed by atoms with Crippen molar-refractivity contribution in [1.82, 2.24) is 14.9 Å². The smallest absolute Gasteiger partial charge is 0.230 e. The Bertz CT molecular complexity index is 722. The van der Waals surface area contributed by atoms with E-state index in [0.29, 0.717) is 18.2 Å². The van der Waals surface area contributed by atoms with Crippen molar-refractivity contribution < 1.29 is 4.79 Å². The Morgan fingerprint density at radius 3 is 2.64 bits per heavy atom. The second-order valence-electron chi connectivity index (χ2n) is 6.88. The molecule has 136 valence electrons. The Balaban J connectivity index is 1.84. The summed E-state index contributed by atoms with van der Waals surface area (Å²) in [6, 6.07) is 8.30. The number of carbonyl (C=O) groups is 1. The second kappa shape index (κ2) is 9.09. The summed E-state index contributed by atoms with van der Waals surface area (Å²) in [6.45, 7) is 12.2. The van der Waals surface area contributed by atoms with Gasteiger partial charge in [0.15, 0.2) is 5.16 Å². The fourth-order valence-electron chi connectivity index (χ4n) is 2.72. The van der Waals surface area contributed by atoms with E-state index in [2.05, 4.69) is 54.7 Å². The van der Waals surface area contributed by atoms with Crippen LogP contribution in [0.2, 0.25) is 0 Å². The predicted octanol–water partition coefficient (Wildman–Crippen LogP) is 3.92. The molecule has 0 aliphatic rings. The van der Waals surface area contributed by atoms with Gasteiger partial charge in [-0.3, -0.25) is 4.79 Å². The molecule has 0 saturated heterocycles. The lowest BCUT2D eigenvalue weighted by atomic mass is 10.1. The summed E-state index contributed by atoms with van der Waals surface area (Å²) in [5.41, 5.74) is 4.79. The van der Waals surface area contributed by atoms with E-state index in [0.717, 1.165) is 23.8 Å². The third-order valence-electron chi connectivity index (χ3n) is 4.28. The molecule has 0 bridgehead atoms. The molecule has 1 heterocycles. The van der Waals surface area contributed by atoms with Crippen molar-refractivity contribution in [2.45, 2.75) is 52.7 Å². The first kappa shape index (κ1) is 19.6. The zero-order valence-corrected chi connectivity index (χ0v) is 16.7. The van der Waals surface area contributed by atoms with Crippen LogP contribution in [0.15, 0.2) is 29.4 Å². The zero-order valence-electron chi connectivity index (χ0n) is 15.9. The first-order valence-electron chi connectivity index (χ1n) is 8.86. The SMILES string of the molecule is Cc1ccccc1CCNC(=O)CSc1nc(C)c(C)n1CC(C)C. The van der Waals surface area contributed by atoms with E-state index < -0.39 is 0 Å². The molecule has 0 aliphatic heterocycles. The number of amides is 1. The number of benzene rings is 1. The highest BCUT2D eigenvalue weighted by atomic mass is 32.2. The molecule has 0 aliphatic carbocycles. The topological polar surface area (TPSA) is 46.9 Å². The Labute approximate surface area is 155 Å². The van der Waals surface area contributed by atoms with Crippen LogP contribution in [0.3, 0.4) is 0 Å². The molecule has 4 nitrogen and oxygen atoms in total. The van der Waals surface area contributed by atoms with Gasteiger partial charge in [-0.1, -0.05) is 49.9 Å². The number of imidazole rings is 1. The lowest BCUT2D eigenvalue weighted by Crippen LogP contribution is -2.27. The minimum Gasteiger partial charge on any atom is -0.355 e. The average Bonchev–Trinajstić information content (AvgIpc) is 2.82. The third kappa shape index (κ3) is 5.63. The number of hydrogen-bond donors (Lipinski definition) is 1. The van der Waals surface area contributed by atoms with Gasteiger partial charge in [0, 0.05) is 18.8 Å². The van der Waals surface area contributed by atoms with Gasteiger partial charge in [-0.15, -0.1) is 0 Å². The fraction of sp³-hybridized carbons (Fsp3) is 0.500. The van der Waals surface area contributed by atoms with E-state index in [-0.39, 0.29) is 5.91 Å². The molecule has 2 rings (SSSR count). The summed E-state index contributed by atoms with van der Waals surface area (Å²) < 4.78 is 2.23. The van der Waals surface area contributed by atoms with Crippen LogP contribution in [0.1, 0.15) is 36.4 Å². The number of nitrogens with one attached hydrogen (secondary N) is 1. The van der Waals surface area contributed by atoms with Crippen molar-refractivity contribution in [2.24, 2.45) is 5.92 Å². The van der Waals surface area contributed by atoms with Gasteiger partial charge in [-0.25, -0.2) is 4.98 Å². The summed E-state index contributed by atoms with van der Waals surface area (Å²) in [7, 11) is 0. The van der Waals surface area contributed by atoms with Gasteiger partial charge in [0.25, 0.3) is 0 Å². The highest BCUT2D eigenvalue weighted by Crippen LogP contribution is 2.22. The Morgan fingerprint density at radius 2 is 1.96 bits per heavy atom. The van der Waals surface area contributed by atoms with E-state index in [1.54, 1.807) is 0 Å². The number of aromatic nitrogens is 2. The van der Waals surface area contributed by atoms with Crippen LogP contribution in [0.4, 0.5) is 0 Å². The van der Waals surface area contributed by atoms with Crippen molar-refractivity contribution in [1.29, 1.82) is 0 Å². The van der Waals surface area contributed by atoms with E-state index in [1.807, 2.05) is 19.1 Å². The second-order valence-corrected chi connectivity index (χ2v) is 7.83. The van der Waals surface area contributed by atoms with Gasteiger partial charge in [0.05, 0.1) is 11.4 Å². The molecule has 0 saturated carbocycles. The summed E-state index contributed by atoms with van der Waals surface area (Å²) in [5, 5.41) is 3.96. The van der Waals surface area contributed by atoms with Crippen LogP contribution in [0, 0.1) is 26.7 Å². The van der Waals surface area contributed by atoms with Crippen LogP contribution in [-0.2, 0) is 17.8 Å². The molecular formula is C20H29N3OS. The van der Waals surface area contributed by atoms with Gasteiger partial charge in [0.2, 0.25) is 5.91 Å². The van der Waals surface area contributed by atoms with Crippen molar-refractivity contribution >= 4 is 17.7 Å². The average molecular weight is 360 g/mol.